The highest BCUT2D eigenvalue weighted by Crippen LogP contribution is 2.21. The first-order chi connectivity index (χ1) is 12.5. The normalized spacial score (nSPS) is 14.6. The minimum absolute atomic E-state index is 0.268. The van der Waals surface area contributed by atoms with Crippen LogP contribution in [0, 0.1) is 6.92 Å². The number of hydrogen-bond acceptors (Lipinski definition) is 4. The lowest BCUT2D eigenvalue weighted by atomic mass is 9.97. The van der Waals surface area contributed by atoms with Gasteiger partial charge in [0, 0.05) is 6.54 Å². The lowest BCUT2D eigenvalue weighted by Crippen LogP contribution is -2.15. The number of sulfonamides is 1. The van der Waals surface area contributed by atoms with Crippen molar-refractivity contribution in [2.24, 2.45) is 0 Å². The molecular formula is C20H25N3O2S. The standard InChI is InChI=1S/C20H25N3O2S/c1-16-7-5-6-10-19(16)26(24,25)23-20-12-11-18(15-22-20)21-14-13-17-8-3-2-4-9-17/h5-8,10-12,15,21H,2-4,9,13-14H2,1H3,(H,22,23). The van der Waals surface area contributed by atoms with E-state index < -0.39 is 10.0 Å². The first kappa shape index (κ1) is 18.5. The minimum atomic E-state index is -3.63. The third-order valence-corrected chi connectivity index (χ3v) is 6.06. The van der Waals surface area contributed by atoms with Gasteiger partial charge in [-0.25, -0.2) is 13.4 Å². The maximum Gasteiger partial charge on any atom is 0.263 e. The number of rotatable bonds is 7. The second kappa shape index (κ2) is 8.36. The third-order valence-electron chi connectivity index (χ3n) is 4.55. The average molecular weight is 372 g/mol. The van der Waals surface area contributed by atoms with Gasteiger partial charge in [-0.3, -0.25) is 4.72 Å². The van der Waals surface area contributed by atoms with Crippen molar-refractivity contribution in [3.8, 4) is 0 Å². The summed E-state index contributed by atoms with van der Waals surface area (Å²) in [6.45, 7) is 2.64. The lowest BCUT2D eigenvalue weighted by Gasteiger charge is -2.13. The van der Waals surface area contributed by atoms with Gasteiger partial charge in [0.05, 0.1) is 16.8 Å². The van der Waals surface area contributed by atoms with E-state index in [1.165, 1.54) is 31.3 Å². The molecule has 0 unspecified atom stereocenters. The van der Waals surface area contributed by atoms with Gasteiger partial charge in [-0.15, -0.1) is 0 Å². The molecule has 138 valence electrons. The highest BCUT2D eigenvalue weighted by molar-refractivity contribution is 7.92. The van der Waals surface area contributed by atoms with Crippen molar-refractivity contribution < 1.29 is 8.42 Å². The minimum Gasteiger partial charge on any atom is -0.383 e. The first-order valence-electron chi connectivity index (χ1n) is 9.01. The molecule has 0 spiro atoms. The van der Waals surface area contributed by atoms with Crippen LogP contribution in [0.25, 0.3) is 0 Å². The first-order valence-corrected chi connectivity index (χ1v) is 10.5. The van der Waals surface area contributed by atoms with Crippen LogP contribution in [-0.2, 0) is 10.0 Å². The second-order valence-corrected chi connectivity index (χ2v) is 8.24. The van der Waals surface area contributed by atoms with Crippen molar-refractivity contribution in [2.75, 3.05) is 16.6 Å². The molecule has 1 aliphatic carbocycles. The fraction of sp³-hybridized carbons (Fsp3) is 0.350. The Kier molecular flexibility index (Phi) is 5.93. The highest BCUT2D eigenvalue weighted by Gasteiger charge is 2.16. The van der Waals surface area contributed by atoms with Gasteiger partial charge in [0.25, 0.3) is 10.0 Å². The predicted octanol–water partition coefficient (Wildman–Crippen LogP) is 4.49. The quantitative estimate of drug-likeness (QED) is 0.703. The summed E-state index contributed by atoms with van der Waals surface area (Å²) in [5, 5.41) is 3.34. The molecule has 1 aliphatic rings. The number of nitrogens with zero attached hydrogens (tertiary/aromatic N) is 1. The summed E-state index contributed by atoms with van der Waals surface area (Å²) in [7, 11) is -3.63. The number of aryl methyl sites for hydroxylation is 1. The van der Waals surface area contributed by atoms with E-state index in [9.17, 15) is 8.42 Å². The summed E-state index contributed by atoms with van der Waals surface area (Å²) >= 11 is 0. The van der Waals surface area contributed by atoms with Crippen LogP contribution in [0.2, 0.25) is 0 Å². The molecule has 0 amide bonds. The van der Waals surface area contributed by atoms with Gasteiger partial charge in [0.1, 0.15) is 5.82 Å². The molecule has 3 rings (SSSR count). The molecule has 0 aliphatic heterocycles. The topological polar surface area (TPSA) is 71.1 Å². The average Bonchev–Trinajstić information content (AvgIpc) is 2.64. The molecule has 0 bridgehead atoms. The van der Waals surface area contributed by atoms with Crippen LogP contribution < -0.4 is 10.0 Å². The Balaban J connectivity index is 1.57. The van der Waals surface area contributed by atoms with Gasteiger partial charge in [-0.2, -0.15) is 0 Å². The van der Waals surface area contributed by atoms with Crippen molar-refractivity contribution >= 4 is 21.5 Å². The lowest BCUT2D eigenvalue weighted by molar-refractivity contribution is 0.600. The Hall–Kier alpha value is -2.34. The number of hydrogen-bond donors (Lipinski definition) is 2. The van der Waals surface area contributed by atoms with Crippen LogP contribution in [0.1, 0.15) is 37.7 Å². The van der Waals surface area contributed by atoms with Crippen molar-refractivity contribution in [3.63, 3.8) is 0 Å². The van der Waals surface area contributed by atoms with Crippen molar-refractivity contribution in [1.29, 1.82) is 0 Å². The number of aromatic nitrogens is 1. The number of anilines is 2. The van der Waals surface area contributed by atoms with Gasteiger partial charge in [-0.1, -0.05) is 29.8 Å². The molecule has 0 radical (unpaired) electrons. The van der Waals surface area contributed by atoms with Gasteiger partial charge >= 0.3 is 0 Å². The van der Waals surface area contributed by atoms with Crippen LogP contribution >= 0.6 is 0 Å². The smallest absolute Gasteiger partial charge is 0.263 e. The molecule has 0 atom stereocenters. The zero-order valence-electron chi connectivity index (χ0n) is 15.0. The van der Waals surface area contributed by atoms with Gasteiger partial charge in [0.15, 0.2) is 0 Å². The number of benzene rings is 1. The molecule has 0 saturated carbocycles. The van der Waals surface area contributed by atoms with Gasteiger partial charge in [0.2, 0.25) is 0 Å². The Morgan fingerprint density at radius 3 is 2.65 bits per heavy atom. The van der Waals surface area contributed by atoms with Gasteiger partial charge < -0.3 is 5.32 Å². The summed E-state index contributed by atoms with van der Waals surface area (Å²) in [6, 6.07) is 10.4. The van der Waals surface area contributed by atoms with E-state index in [1.807, 2.05) is 12.1 Å². The van der Waals surface area contributed by atoms with Crippen LogP contribution in [0.5, 0.6) is 0 Å². The fourth-order valence-electron chi connectivity index (χ4n) is 3.11. The molecule has 1 aromatic heterocycles. The summed E-state index contributed by atoms with van der Waals surface area (Å²) < 4.78 is 27.5. The molecule has 2 aromatic rings. The Labute approximate surface area is 155 Å². The number of allylic oxidation sites excluding steroid dienone is 1. The molecule has 0 saturated heterocycles. The largest absolute Gasteiger partial charge is 0.383 e. The van der Waals surface area contributed by atoms with E-state index in [2.05, 4.69) is 21.1 Å². The fourth-order valence-corrected chi connectivity index (χ4v) is 4.36. The van der Waals surface area contributed by atoms with Crippen LogP contribution in [0.15, 0.2) is 59.1 Å². The molecular weight excluding hydrogens is 346 g/mol. The molecule has 0 fully saturated rings. The number of nitrogens with one attached hydrogen (secondary N) is 2. The summed E-state index contributed by atoms with van der Waals surface area (Å²) in [6.07, 6.45) is 10.1. The maximum atomic E-state index is 12.5. The monoisotopic (exact) mass is 371 g/mol. The van der Waals surface area contributed by atoms with Crippen molar-refractivity contribution in [1.82, 2.24) is 4.98 Å². The van der Waals surface area contributed by atoms with E-state index in [4.69, 9.17) is 0 Å². The van der Waals surface area contributed by atoms with Crippen LogP contribution in [0.3, 0.4) is 0 Å². The van der Waals surface area contributed by atoms with E-state index in [-0.39, 0.29) is 4.90 Å². The zero-order valence-corrected chi connectivity index (χ0v) is 15.8. The summed E-state index contributed by atoms with van der Waals surface area (Å²) in [5.41, 5.74) is 3.12. The highest BCUT2D eigenvalue weighted by atomic mass is 32.2. The molecule has 2 N–H and O–H groups in total. The summed E-state index contributed by atoms with van der Waals surface area (Å²) in [4.78, 5) is 4.49. The van der Waals surface area contributed by atoms with Crippen LogP contribution in [0.4, 0.5) is 11.5 Å². The van der Waals surface area contributed by atoms with E-state index in [0.29, 0.717) is 11.4 Å². The summed E-state index contributed by atoms with van der Waals surface area (Å²) in [5.74, 6) is 0.314. The van der Waals surface area contributed by atoms with Crippen LogP contribution in [-0.4, -0.2) is 19.9 Å². The van der Waals surface area contributed by atoms with E-state index >= 15 is 0 Å². The Morgan fingerprint density at radius 1 is 1.12 bits per heavy atom. The van der Waals surface area contributed by atoms with E-state index in [0.717, 1.165) is 18.7 Å². The van der Waals surface area contributed by atoms with Crippen molar-refractivity contribution in [3.05, 3.63) is 59.8 Å². The number of pyridine rings is 1. The maximum absolute atomic E-state index is 12.5. The van der Waals surface area contributed by atoms with Crippen molar-refractivity contribution in [2.45, 2.75) is 43.9 Å². The van der Waals surface area contributed by atoms with E-state index in [1.54, 1.807) is 37.4 Å². The predicted molar refractivity (Wildman–Crippen MR) is 106 cm³/mol. The zero-order chi connectivity index (χ0) is 18.4. The Bertz CT molecular complexity index is 874. The molecule has 6 heteroatoms. The SMILES string of the molecule is Cc1ccccc1S(=O)(=O)Nc1ccc(NCCC2=CCCCC2)cn1. The molecule has 1 heterocycles. The third kappa shape index (κ3) is 4.85. The molecule has 26 heavy (non-hydrogen) atoms. The molecule has 5 nitrogen and oxygen atoms in total. The molecule has 1 aromatic carbocycles. The second-order valence-electron chi connectivity index (χ2n) is 6.59. The Morgan fingerprint density at radius 2 is 1.96 bits per heavy atom. The van der Waals surface area contributed by atoms with Gasteiger partial charge in [-0.05, 0) is 62.8 Å².